The van der Waals surface area contributed by atoms with Crippen LogP contribution in [-0.4, -0.2) is 29.8 Å². The topological polar surface area (TPSA) is 49.4 Å². The van der Waals surface area contributed by atoms with Gasteiger partial charge in [-0.25, -0.2) is 0 Å². The van der Waals surface area contributed by atoms with E-state index in [1.807, 2.05) is 13.8 Å². The summed E-state index contributed by atoms with van der Waals surface area (Å²) < 4.78 is 0. The van der Waals surface area contributed by atoms with Crippen LogP contribution in [0.4, 0.5) is 0 Å². The number of likely N-dealkylation sites (N-methyl/N-ethyl adjacent to an activating group) is 1. The van der Waals surface area contributed by atoms with Gasteiger partial charge in [0.25, 0.3) is 0 Å². The van der Waals surface area contributed by atoms with Gasteiger partial charge in [-0.1, -0.05) is 37.6 Å². The molecule has 0 spiro atoms. The Bertz CT molecular complexity index is 554. The van der Waals surface area contributed by atoms with Crippen molar-refractivity contribution in [2.45, 2.75) is 40.2 Å². The molecule has 0 radical (unpaired) electrons. The van der Waals surface area contributed by atoms with E-state index in [4.69, 9.17) is 0 Å². The van der Waals surface area contributed by atoms with Crippen LogP contribution in [-0.2, 0) is 9.59 Å². The number of carbonyl (C=O) groups is 2. The maximum Gasteiger partial charge on any atom is 0.232 e. The smallest absolute Gasteiger partial charge is 0.232 e. The van der Waals surface area contributed by atoms with Crippen molar-refractivity contribution in [1.82, 2.24) is 10.2 Å². The molecule has 1 aromatic carbocycles. The van der Waals surface area contributed by atoms with E-state index >= 15 is 0 Å². The molecule has 0 aliphatic carbocycles. The minimum Gasteiger partial charge on any atom is -0.309 e. The number of nitrogens with zero attached hydrogens (tertiary/aromatic N) is 1. The first-order valence-corrected chi connectivity index (χ1v) is 7.58. The molecule has 1 aromatic rings. The van der Waals surface area contributed by atoms with Gasteiger partial charge in [0.2, 0.25) is 11.8 Å². The van der Waals surface area contributed by atoms with Crippen LogP contribution in [0.1, 0.15) is 43.0 Å². The number of imide groups is 1. The molecule has 1 fully saturated rings. The lowest BCUT2D eigenvalue weighted by Crippen LogP contribution is -2.39. The summed E-state index contributed by atoms with van der Waals surface area (Å²) in [4.78, 5) is 25.5. The Hall–Kier alpha value is -1.68. The van der Waals surface area contributed by atoms with Crippen LogP contribution in [0.25, 0.3) is 0 Å². The van der Waals surface area contributed by atoms with Crippen LogP contribution in [0.3, 0.4) is 0 Å². The van der Waals surface area contributed by atoms with Crippen molar-refractivity contribution >= 4 is 11.8 Å². The van der Waals surface area contributed by atoms with Crippen LogP contribution in [0.2, 0.25) is 0 Å². The van der Waals surface area contributed by atoms with Crippen molar-refractivity contribution in [1.29, 1.82) is 0 Å². The Kier molecular flexibility index (Phi) is 4.78. The fourth-order valence-corrected chi connectivity index (χ4v) is 2.88. The molecule has 0 bridgehead atoms. The molecule has 0 aromatic heterocycles. The molecule has 1 heterocycles. The summed E-state index contributed by atoms with van der Waals surface area (Å²) in [7, 11) is 0. The first-order chi connectivity index (χ1) is 9.93. The van der Waals surface area contributed by atoms with Crippen LogP contribution < -0.4 is 5.32 Å². The predicted molar refractivity (Wildman–Crippen MR) is 82.8 cm³/mol. The fraction of sp³-hybridized carbons (Fsp3) is 0.529. The highest BCUT2D eigenvalue weighted by Crippen LogP contribution is 2.25. The Morgan fingerprint density at radius 3 is 2.62 bits per heavy atom. The number of rotatable bonds is 5. The average molecular weight is 288 g/mol. The van der Waals surface area contributed by atoms with Gasteiger partial charge in [-0.2, -0.15) is 0 Å². The summed E-state index contributed by atoms with van der Waals surface area (Å²) in [5.74, 6) is -0.285. The number of amides is 2. The van der Waals surface area contributed by atoms with Crippen molar-refractivity contribution in [2.75, 3.05) is 13.1 Å². The van der Waals surface area contributed by atoms with Crippen LogP contribution in [0.15, 0.2) is 18.2 Å². The van der Waals surface area contributed by atoms with Gasteiger partial charge in [0, 0.05) is 18.9 Å². The molecular weight excluding hydrogens is 264 g/mol. The highest BCUT2D eigenvalue weighted by atomic mass is 16.2. The lowest BCUT2D eigenvalue weighted by Gasteiger charge is -2.25. The number of nitrogens with one attached hydrogen (secondary N) is 1. The number of likely N-dealkylation sites (tertiary alicyclic amines) is 1. The molecule has 0 saturated carbocycles. The number of hydrogen-bond acceptors (Lipinski definition) is 3. The lowest BCUT2D eigenvalue weighted by atomic mass is 9.98. The minimum atomic E-state index is -0.182. The summed E-state index contributed by atoms with van der Waals surface area (Å²) in [5.41, 5.74) is 3.53. The Morgan fingerprint density at radius 1 is 1.33 bits per heavy atom. The van der Waals surface area contributed by atoms with E-state index in [0.29, 0.717) is 13.0 Å². The molecule has 114 valence electrons. The van der Waals surface area contributed by atoms with E-state index in [1.165, 1.54) is 16.0 Å². The summed E-state index contributed by atoms with van der Waals surface area (Å²) in [5, 5.41) is 3.40. The highest BCUT2D eigenvalue weighted by Gasteiger charge is 2.36. The molecule has 1 aliphatic heterocycles. The molecule has 1 saturated heterocycles. The average Bonchev–Trinajstić information content (AvgIpc) is 2.67. The fourth-order valence-electron chi connectivity index (χ4n) is 2.88. The van der Waals surface area contributed by atoms with Crippen molar-refractivity contribution < 1.29 is 9.59 Å². The van der Waals surface area contributed by atoms with E-state index in [2.05, 4.69) is 37.4 Å². The standard InChI is InChI=1S/C17H24N2O2/c1-5-18-15(14-8-11(2)6-7-12(14)3)10-19-16(20)9-13(4)17(19)21/h6-8,13,15,18H,5,9-10H2,1-4H3. The molecule has 21 heavy (non-hydrogen) atoms. The summed E-state index contributed by atoms with van der Waals surface area (Å²) in [6, 6.07) is 6.30. The van der Waals surface area contributed by atoms with Gasteiger partial charge >= 0.3 is 0 Å². The zero-order chi connectivity index (χ0) is 15.6. The van der Waals surface area contributed by atoms with Crippen LogP contribution in [0, 0.1) is 19.8 Å². The van der Waals surface area contributed by atoms with Crippen LogP contribution >= 0.6 is 0 Å². The minimum absolute atomic E-state index is 0.00639. The van der Waals surface area contributed by atoms with Gasteiger partial charge < -0.3 is 5.32 Å². The summed E-state index contributed by atoms with van der Waals surface area (Å²) >= 11 is 0. The zero-order valence-corrected chi connectivity index (χ0v) is 13.3. The van der Waals surface area contributed by atoms with Crippen LogP contribution in [0.5, 0.6) is 0 Å². The molecule has 4 heteroatoms. The SMILES string of the molecule is CCNC(CN1C(=O)CC(C)C1=O)c1cc(C)ccc1C. The Labute approximate surface area is 126 Å². The first-order valence-electron chi connectivity index (χ1n) is 7.58. The molecule has 2 rings (SSSR count). The van der Waals surface area contributed by atoms with Gasteiger partial charge in [0.05, 0.1) is 6.04 Å². The number of hydrogen-bond donors (Lipinski definition) is 1. The summed E-state index contributed by atoms with van der Waals surface area (Å²) in [6.45, 7) is 9.19. The zero-order valence-electron chi connectivity index (χ0n) is 13.3. The summed E-state index contributed by atoms with van der Waals surface area (Å²) in [6.07, 6.45) is 0.338. The van der Waals surface area contributed by atoms with Crippen molar-refractivity contribution in [3.8, 4) is 0 Å². The van der Waals surface area contributed by atoms with Crippen molar-refractivity contribution in [3.05, 3.63) is 34.9 Å². The van der Waals surface area contributed by atoms with Gasteiger partial charge in [-0.15, -0.1) is 0 Å². The normalized spacial score (nSPS) is 20.2. The van der Waals surface area contributed by atoms with Gasteiger partial charge in [-0.05, 0) is 31.5 Å². The quantitative estimate of drug-likeness (QED) is 0.846. The number of carbonyl (C=O) groups excluding carboxylic acids is 2. The number of aryl methyl sites for hydroxylation is 2. The van der Waals surface area contributed by atoms with Gasteiger partial charge in [0.15, 0.2) is 0 Å². The van der Waals surface area contributed by atoms with E-state index in [-0.39, 0.29) is 23.8 Å². The van der Waals surface area contributed by atoms with Crippen molar-refractivity contribution in [3.63, 3.8) is 0 Å². The monoisotopic (exact) mass is 288 g/mol. The van der Waals surface area contributed by atoms with E-state index in [1.54, 1.807) is 0 Å². The van der Waals surface area contributed by atoms with Gasteiger partial charge in [-0.3, -0.25) is 14.5 Å². The number of benzene rings is 1. The third-order valence-corrected chi connectivity index (χ3v) is 4.10. The second-order valence-corrected chi connectivity index (χ2v) is 5.92. The highest BCUT2D eigenvalue weighted by molar-refractivity contribution is 6.03. The molecule has 1 aliphatic rings. The van der Waals surface area contributed by atoms with E-state index < -0.39 is 0 Å². The molecular formula is C17H24N2O2. The third kappa shape index (κ3) is 3.32. The second-order valence-electron chi connectivity index (χ2n) is 5.92. The lowest BCUT2D eigenvalue weighted by molar-refractivity contribution is -0.139. The Morgan fingerprint density at radius 2 is 2.05 bits per heavy atom. The predicted octanol–water partition coefficient (Wildman–Crippen LogP) is 2.35. The molecule has 4 nitrogen and oxygen atoms in total. The molecule has 2 amide bonds. The second kappa shape index (κ2) is 6.39. The van der Waals surface area contributed by atoms with Crippen molar-refractivity contribution in [2.24, 2.45) is 5.92 Å². The van der Waals surface area contributed by atoms with Gasteiger partial charge in [0.1, 0.15) is 0 Å². The Balaban J connectivity index is 2.25. The largest absolute Gasteiger partial charge is 0.309 e. The molecule has 1 N–H and O–H groups in total. The first kappa shape index (κ1) is 15.7. The van der Waals surface area contributed by atoms with E-state index in [9.17, 15) is 9.59 Å². The van der Waals surface area contributed by atoms with E-state index in [0.717, 1.165) is 12.1 Å². The molecule has 2 atom stereocenters. The third-order valence-electron chi connectivity index (χ3n) is 4.10. The maximum atomic E-state index is 12.1. The molecule has 2 unspecified atom stereocenters. The maximum absolute atomic E-state index is 12.1.